The van der Waals surface area contributed by atoms with Crippen molar-refractivity contribution in [3.8, 4) is 0 Å². The predicted molar refractivity (Wildman–Crippen MR) is 93.2 cm³/mol. The largest absolute Gasteiger partial charge is 0.338 e. The van der Waals surface area contributed by atoms with Gasteiger partial charge in [-0.15, -0.1) is 0 Å². The molecule has 0 unspecified atom stereocenters. The fourth-order valence-electron chi connectivity index (χ4n) is 2.61. The lowest BCUT2D eigenvalue weighted by Gasteiger charge is -2.15. The number of benzene rings is 2. The Balaban J connectivity index is 1.66. The molecule has 0 bridgehead atoms. The van der Waals surface area contributed by atoms with E-state index in [1.807, 2.05) is 41.3 Å². The highest BCUT2D eigenvalue weighted by molar-refractivity contribution is 9.10. The Labute approximate surface area is 143 Å². The normalized spacial score (nSPS) is 14.1. The van der Waals surface area contributed by atoms with E-state index in [0.717, 1.165) is 28.7 Å². The number of rotatable bonds is 4. The van der Waals surface area contributed by atoms with E-state index in [1.165, 1.54) is 0 Å². The van der Waals surface area contributed by atoms with Gasteiger partial charge in [-0.1, -0.05) is 24.3 Å². The Kier molecular flexibility index (Phi) is 4.76. The summed E-state index contributed by atoms with van der Waals surface area (Å²) in [4.78, 5) is 25.8. The van der Waals surface area contributed by atoms with Crippen LogP contribution in [0.25, 0.3) is 0 Å². The summed E-state index contributed by atoms with van der Waals surface area (Å²) in [6.45, 7) is 1.44. The highest BCUT2D eigenvalue weighted by Crippen LogP contribution is 2.22. The van der Waals surface area contributed by atoms with Gasteiger partial charge >= 0.3 is 0 Å². The highest BCUT2D eigenvalue weighted by atomic mass is 79.9. The van der Waals surface area contributed by atoms with Gasteiger partial charge in [-0.3, -0.25) is 9.59 Å². The molecule has 1 N–H and O–H groups in total. The summed E-state index contributed by atoms with van der Waals surface area (Å²) < 4.78 is 0.845. The molecule has 1 heterocycles. The topological polar surface area (TPSA) is 49.4 Å². The van der Waals surface area contributed by atoms with Gasteiger partial charge in [0.05, 0.1) is 5.69 Å². The molecule has 1 aliphatic heterocycles. The Morgan fingerprint density at radius 3 is 2.52 bits per heavy atom. The van der Waals surface area contributed by atoms with Crippen LogP contribution in [0.3, 0.4) is 0 Å². The van der Waals surface area contributed by atoms with Crippen LogP contribution >= 0.6 is 15.9 Å². The second-order valence-electron chi connectivity index (χ2n) is 5.55. The molecular formula is C18H17BrN2O2. The van der Waals surface area contributed by atoms with E-state index in [0.29, 0.717) is 18.5 Å². The van der Waals surface area contributed by atoms with E-state index in [-0.39, 0.29) is 11.8 Å². The molecule has 0 aromatic heterocycles. The van der Waals surface area contributed by atoms with E-state index in [9.17, 15) is 9.59 Å². The van der Waals surface area contributed by atoms with Crippen LogP contribution in [0.15, 0.2) is 53.0 Å². The average molecular weight is 373 g/mol. The molecule has 5 heteroatoms. The molecule has 2 amide bonds. The van der Waals surface area contributed by atoms with Gasteiger partial charge in [0.25, 0.3) is 5.91 Å². The molecular weight excluding hydrogens is 356 g/mol. The van der Waals surface area contributed by atoms with Gasteiger partial charge < -0.3 is 10.2 Å². The van der Waals surface area contributed by atoms with Crippen LogP contribution in [0.4, 0.5) is 5.69 Å². The molecule has 1 aliphatic rings. The molecule has 3 rings (SSSR count). The molecule has 1 fully saturated rings. The standard InChI is InChI=1S/C18H17BrN2O2/c19-15-4-1-2-5-16(15)20-18(23)14-9-7-13(8-10-14)12-21-11-3-6-17(21)22/h1-2,4-5,7-10H,3,6,11-12H2,(H,20,23). The van der Waals surface area contributed by atoms with Crippen LogP contribution in [0, 0.1) is 0 Å². The minimum absolute atomic E-state index is 0.152. The van der Waals surface area contributed by atoms with E-state index in [4.69, 9.17) is 0 Å². The molecule has 1 saturated heterocycles. The van der Waals surface area contributed by atoms with Crippen molar-refractivity contribution in [2.75, 3.05) is 11.9 Å². The lowest BCUT2D eigenvalue weighted by Crippen LogP contribution is -2.23. The number of anilines is 1. The summed E-state index contributed by atoms with van der Waals surface area (Å²) in [5.74, 6) is 0.0569. The molecule has 0 radical (unpaired) electrons. The maximum Gasteiger partial charge on any atom is 0.255 e. The number of carbonyl (C=O) groups is 2. The van der Waals surface area contributed by atoms with Gasteiger partial charge in [0.15, 0.2) is 0 Å². The third-order valence-electron chi connectivity index (χ3n) is 3.88. The summed E-state index contributed by atoms with van der Waals surface area (Å²) >= 11 is 3.41. The van der Waals surface area contributed by atoms with Crippen molar-refractivity contribution in [1.29, 1.82) is 0 Å². The van der Waals surface area contributed by atoms with Crippen LogP contribution in [-0.2, 0) is 11.3 Å². The van der Waals surface area contributed by atoms with Gasteiger partial charge in [-0.2, -0.15) is 0 Å². The minimum Gasteiger partial charge on any atom is -0.338 e. The molecule has 23 heavy (non-hydrogen) atoms. The first-order valence-corrected chi connectivity index (χ1v) is 8.35. The average Bonchev–Trinajstić information content (AvgIpc) is 2.95. The van der Waals surface area contributed by atoms with E-state index >= 15 is 0 Å². The van der Waals surface area contributed by atoms with Gasteiger partial charge in [0, 0.05) is 29.5 Å². The summed E-state index contributed by atoms with van der Waals surface area (Å²) in [5.41, 5.74) is 2.37. The molecule has 0 spiro atoms. The molecule has 118 valence electrons. The van der Waals surface area contributed by atoms with Crippen molar-refractivity contribution >= 4 is 33.4 Å². The van der Waals surface area contributed by atoms with Crippen LogP contribution < -0.4 is 5.32 Å². The first kappa shape index (κ1) is 15.7. The lowest BCUT2D eigenvalue weighted by molar-refractivity contribution is -0.128. The molecule has 2 aromatic carbocycles. The summed E-state index contributed by atoms with van der Waals surface area (Å²) in [6.07, 6.45) is 1.58. The lowest BCUT2D eigenvalue weighted by atomic mass is 10.1. The maximum atomic E-state index is 12.3. The summed E-state index contributed by atoms with van der Waals surface area (Å²) in [6, 6.07) is 14.9. The number of halogens is 1. The summed E-state index contributed by atoms with van der Waals surface area (Å²) in [5, 5.41) is 2.88. The van der Waals surface area contributed by atoms with Crippen molar-refractivity contribution in [2.24, 2.45) is 0 Å². The maximum absolute atomic E-state index is 12.3. The number of nitrogens with one attached hydrogen (secondary N) is 1. The van der Waals surface area contributed by atoms with Gasteiger partial charge in [-0.25, -0.2) is 0 Å². The zero-order valence-corrected chi connectivity index (χ0v) is 14.2. The Morgan fingerprint density at radius 2 is 1.87 bits per heavy atom. The fraction of sp³-hybridized carbons (Fsp3) is 0.222. The molecule has 0 saturated carbocycles. The van der Waals surface area contributed by atoms with Gasteiger partial charge in [0.1, 0.15) is 0 Å². The van der Waals surface area contributed by atoms with E-state index in [1.54, 1.807) is 12.1 Å². The zero-order valence-electron chi connectivity index (χ0n) is 12.6. The second-order valence-corrected chi connectivity index (χ2v) is 6.40. The monoisotopic (exact) mass is 372 g/mol. The first-order valence-electron chi connectivity index (χ1n) is 7.56. The third-order valence-corrected chi connectivity index (χ3v) is 4.57. The van der Waals surface area contributed by atoms with Crippen molar-refractivity contribution in [3.05, 3.63) is 64.1 Å². The molecule has 0 atom stereocenters. The van der Waals surface area contributed by atoms with Gasteiger partial charge in [0.2, 0.25) is 5.91 Å². The molecule has 2 aromatic rings. The number of likely N-dealkylation sites (tertiary alicyclic amines) is 1. The van der Waals surface area contributed by atoms with Crippen molar-refractivity contribution in [1.82, 2.24) is 4.90 Å². The molecule has 4 nitrogen and oxygen atoms in total. The van der Waals surface area contributed by atoms with E-state index in [2.05, 4.69) is 21.2 Å². The van der Waals surface area contributed by atoms with Crippen LogP contribution in [0.2, 0.25) is 0 Å². The quantitative estimate of drug-likeness (QED) is 0.886. The van der Waals surface area contributed by atoms with E-state index < -0.39 is 0 Å². The SMILES string of the molecule is O=C(Nc1ccccc1Br)c1ccc(CN2CCCC2=O)cc1. The Bertz CT molecular complexity index is 728. The highest BCUT2D eigenvalue weighted by Gasteiger charge is 2.20. The number of para-hydroxylation sites is 1. The van der Waals surface area contributed by atoms with Crippen LogP contribution in [0.1, 0.15) is 28.8 Å². The van der Waals surface area contributed by atoms with Crippen molar-refractivity contribution < 1.29 is 9.59 Å². The Hall–Kier alpha value is -2.14. The summed E-state index contributed by atoms with van der Waals surface area (Å²) in [7, 11) is 0. The van der Waals surface area contributed by atoms with Gasteiger partial charge in [-0.05, 0) is 52.2 Å². The van der Waals surface area contributed by atoms with Crippen molar-refractivity contribution in [2.45, 2.75) is 19.4 Å². The van der Waals surface area contributed by atoms with Crippen molar-refractivity contribution in [3.63, 3.8) is 0 Å². The zero-order chi connectivity index (χ0) is 16.2. The first-order chi connectivity index (χ1) is 11.1. The predicted octanol–water partition coefficient (Wildman–Crippen LogP) is 3.82. The number of hydrogen-bond acceptors (Lipinski definition) is 2. The van der Waals surface area contributed by atoms with Crippen LogP contribution in [-0.4, -0.2) is 23.3 Å². The number of carbonyl (C=O) groups excluding carboxylic acids is 2. The minimum atomic E-state index is -0.152. The Morgan fingerprint density at radius 1 is 1.13 bits per heavy atom. The fourth-order valence-corrected chi connectivity index (χ4v) is 2.99. The second kappa shape index (κ2) is 6.96. The van der Waals surface area contributed by atoms with Crippen LogP contribution in [0.5, 0.6) is 0 Å². The number of nitrogens with zero attached hydrogens (tertiary/aromatic N) is 1. The number of hydrogen-bond donors (Lipinski definition) is 1. The third kappa shape index (κ3) is 3.79. The molecule has 0 aliphatic carbocycles. The number of amides is 2. The smallest absolute Gasteiger partial charge is 0.255 e.